The Morgan fingerprint density at radius 3 is 0.747 bits per heavy atom. The average Bonchev–Trinajstić information content (AvgIpc) is 4.20. The summed E-state index contributed by atoms with van der Waals surface area (Å²) >= 11 is 0. The van der Waals surface area contributed by atoms with Crippen LogP contribution in [0.25, 0.3) is 22.3 Å². The zero-order chi connectivity index (χ0) is 58.4. The van der Waals surface area contributed by atoms with Gasteiger partial charge in [0.2, 0.25) is 0 Å². The monoisotopic (exact) mass is 1120 g/mol. The predicted octanol–water partition coefficient (Wildman–Crippen LogP) is 14.6. The minimum Gasteiger partial charge on any atom is -0.494 e. The van der Waals surface area contributed by atoms with E-state index in [-0.39, 0.29) is 0 Å². The fourth-order valence-electron chi connectivity index (χ4n) is 10.8. The predicted molar refractivity (Wildman–Crippen MR) is 347 cm³/mol. The van der Waals surface area contributed by atoms with Crippen molar-refractivity contribution in [3.63, 3.8) is 0 Å². The third-order valence-corrected chi connectivity index (χ3v) is 15.2. The van der Waals surface area contributed by atoms with Gasteiger partial charge in [-0.15, -0.1) is 0 Å². The number of unbranched alkanes of at least 4 members (excludes halogenated alkanes) is 7. The molecule has 4 aromatic carbocycles. The number of rotatable bonds is 29. The first-order valence-corrected chi connectivity index (χ1v) is 30.4. The highest BCUT2D eigenvalue weighted by molar-refractivity contribution is 6.39. The molecule has 0 N–H and O–H groups in total. The van der Waals surface area contributed by atoms with E-state index in [1.165, 1.54) is 44.9 Å². The molecule has 434 valence electrons. The summed E-state index contributed by atoms with van der Waals surface area (Å²) < 4.78 is 27.9. The summed E-state index contributed by atoms with van der Waals surface area (Å²) in [5.74, 6) is 3.34. The Bertz CT molecular complexity index is 3240. The van der Waals surface area contributed by atoms with Gasteiger partial charge in [0.1, 0.15) is 23.0 Å². The van der Waals surface area contributed by atoms with E-state index in [0.29, 0.717) is 26.4 Å². The average molecular weight is 1120 g/mol. The maximum atomic E-state index is 6.34. The Morgan fingerprint density at radius 1 is 0.277 bits per heavy atom. The number of quaternary nitrogens is 3. The van der Waals surface area contributed by atoms with Gasteiger partial charge < -0.3 is 32.4 Å². The lowest BCUT2D eigenvalue weighted by Gasteiger charge is -2.23. The van der Waals surface area contributed by atoms with E-state index < -0.39 is 0 Å². The Kier molecular flexibility index (Phi) is 20.1. The molecule has 0 unspecified atom stereocenters. The van der Waals surface area contributed by atoms with Crippen molar-refractivity contribution in [2.45, 2.75) is 77.6 Å². The Hall–Kier alpha value is -7.44. The van der Waals surface area contributed by atoms with Crippen LogP contribution in [0.3, 0.4) is 0 Å². The van der Waals surface area contributed by atoms with Crippen molar-refractivity contribution in [3.05, 3.63) is 191 Å². The van der Waals surface area contributed by atoms with Crippen LogP contribution in [0.1, 0.15) is 99.8 Å². The second-order valence-electron chi connectivity index (χ2n) is 25.4. The van der Waals surface area contributed by atoms with Crippen molar-refractivity contribution in [2.75, 3.05) is 109 Å². The summed E-state index contributed by atoms with van der Waals surface area (Å²) in [6.07, 6.45) is 29.9. The molecule has 5 heterocycles. The molecule has 0 saturated carbocycles. The summed E-state index contributed by atoms with van der Waals surface area (Å²) in [7, 11) is 19.9. The van der Waals surface area contributed by atoms with Gasteiger partial charge in [-0.1, -0.05) is 100 Å². The molecule has 5 aliphatic rings. The van der Waals surface area contributed by atoms with Crippen LogP contribution in [-0.4, -0.2) is 146 Å². The van der Waals surface area contributed by atoms with Crippen molar-refractivity contribution >= 4 is 45.1 Å². The summed E-state index contributed by atoms with van der Waals surface area (Å²) in [6.45, 7) is 7.99. The van der Waals surface area contributed by atoms with Crippen LogP contribution in [0.5, 0.6) is 23.0 Å². The molecule has 0 saturated heterocycles. The van der Waals surface area contributed by atoms with Gasteiger partial charge >= 0.3 is 0 Å². The standard InChI is InChI=1S/C72H90N7O4/c1-11-12-13-14-15-16-17-18-49-80-57-30-22-53(23-31-57)69-61-38-40-63(73-61)70(54-24-32-58(33-25-54)81-50-19-46-77(2,3)4)65-42-44-67(75-65)72(56-28-36-60(37-29-56)83-52-21-48-79(8,9)10)68-45-43-66(76-68)71(64-41-39-62(69)74-64)55-26-34-59(35-27-55)82-51-20-47-78(5,6)7/h22-45H,11-21,46-52H2,1-10H3/q+3. The number of allylic oxidation sites excluding steroid dienone is 12. The number of aliphatic imine (C=N–C) groups is 4. The van der Waals surface area contributed by atoms with Gasteiger partial charge in [-0.3, -0.25) is 0 Å². The summed E-state index contributed by atoms with van der Waals surface area (Å²) in [5.41, 5.74) is 14.0. The van der Waals surface area contributed by atoms with Crippen LogP contribution >= 0.6 is 0 Å². The second kappa shape index (κ2) is 27.8. The molecule has 0 radical (unpaired) electrons. The largest absolute Gasteiger partial charge is 0.494 e. The van der Waals surface area contributed by atoms with Gasteiger partial charge in [-0.2, -0.15) is 0 Å². The molecule has 0 aromatic heterocycles. The number of nitrogens with zero attached hydrogens (tertiary/aromatic N) is 7. The summed E-state index contributed by atoms with van der Waals surface area (Å²) in [5, 5.41) is 0. The molecule has 0 atom stereocenters. The van der Waals surface area contributed by atoms with Gasteiger partial charge in [0, 0.05) is 41.6 Å². The first kappa shape index (κ1) is 60.2. The molecule has 11 heteroatoms. The molecule has 8 bridgehead atoms. The van der Waals surface area contributed by atoms with Crippen LogP contribution < -0.4 is 18.9 Å². The first-order chi connectivity index (χ1) is 40.0. The maximum absolute atomic E-state index is 6.34. The number of hydrogen-bond acceptors (Lipinski definition) is 8. The topological polar surface area (TPSA) is 86.4 Å². The van der Waals surface area contributed by atoms with Crippen molar-refractivity contribution < 1.29 is 32.4 Å². The third kappa shape index (κ3) is 17.1. The molecule has 9 rings (SSSR count). The van der Waals surface area contributed by atoms with Gasteiger partial charge in [0.25, 0.3) is 0 Å². The molecule has 0 spiro atoms. The van der Waals surface area contributed by atoms with Crippen molar-refractivity contribution in [1.29, 1.82) is 0 Å². The molecule has 5 aliphatic heterocycles. The van der Waals surface area contributed by atoms with E-state index in [4.69, 9.17) is 38.9 Å². The lowest BCUT2D eigenvalue weighted by atomic mass is 9.98. The van der Waals surface area contributed by atoms with Crippen LogP contribution in [0.15, 0.2) is 188 Å². The molecule has 83 heavy (non-hydrogen) atoms. The highest BCUT2D eigenvalue weighted by Gasteiger charge is 2.28. The maximum Gasteiger partial charge on any atom is 0.119 e. The zero-order valence-corrected chi connectivity index (χ0v) is 51.3. The normalized spacial score (nSPS) is 15.9. The first-order valence-electron chi connectivity index (χ1n) is 30.4. The fraction of sp³-hybridized carbons (Fsp3) is 0.389. The quantitative estimate of drug-likeness (QED) is 0.0400. The number of benzene rings is 4. The molecule has 0 fully saturated rings. The Labute approximate surface area is 496 Å². The molecule has 4 aromatic rings. The minimum atomic E-state index is 0.645. The number of hydrogen-bond donors (Lipinski definition) is 0. The van der Waals surface area contributed by atoms with Crippen molar-refractivity contribution in [1.82, 2.24) is 0 Å². The molecule has 0 amide bonds. The van der Waals surface area contributed by atoms with Crippen molar-refractivity contribution in [3.8, 4) is 23.0 Å². The molecule has 0 aliphatic carbocycles. The smallest absolute Gasteiger partial charge is 0.119 e. The van der Waals surface area contributed by atoms with E-state index >= 15 is 0 Å². The summed E-state index contributed by atoms with van der Waals surface area (Å²) in [4.78, 5) is 22.2. The third-order valence-electron chi connectivity index (χ3n) is 15.2. The minimum absolute atomic E-state index is 0.645. The zero-order valence-electron chi connectivity index (χ0n) is 51.3. The second-order valence-corrected chi connectivity index (χ2v) is 25.4. The highest BCUT2D eigenvalue weighted by Crippen LogP contribution is 2.40. The van der Waals surface area contributed by atoms with E-state index in [1.807, 2.05) is 0 Å². The fourth-order valence-corrected chi connectivity index (χ4v) is 10.8. The van der Waals surface area contributed by atoms with E-state index in [0.717, 1.165) is 172 Å². The van der Waals surface area contributed by atoms with Gasteiger partial charge in [0.15, 0.2) is 0 Å². The summed E-state index contributed by atoms with van der Waals surface area (Å²) in [6, 6.07) is 33.6. The SMILES string of the molecule is CCCCCCCCCCOc1ccc(C2=C3C=CC(=N3)C(c3ccc(OCCC[N+](C)(C)C)cc3)=C3C=CC(=N3)C(c3ccc(OCCC[N+](C)(C)C)cc3)=C3C=CC(=N3)C(c3ccc(OCCC[N+](C)(C)C)cc3)=C3C=CC2=N3)cc1. The van der Waals surface area contributed by atoms with Crippen molar-refractivity contribution in [2.24, 2.45) is 20.0 Å². The van der Waals surface area contributed by atoms with E-state index in [9.17, 15) is 0 Å². The van der Waals surface area contributed by atoms with Gasteiger partial charge in [-0.25, -0.2) is 20.0 Å². The van der Waals surface area contributed by atoms with Crippen LogP contribution in [0, 0.1) is 0 Å². The highest BCUT2D eigenvalue weighted by atomic mass is 16.5. The Morgan fingerprint density at radius 2 is 0.506 bits per heavy atom. The van der Waals surface area contributed by atoms with Crippen LogP contribution in [0.2, 0.25) is 0 Å². The number of fused-ring (bicyclic) bond motifs is 4. The lowest BCUT2D eigenvalue weighted by Crippen LogP contribution is -2.36. The number of ether oxygens (including phenoxy) is 4. The molecule has 11 nitrogen and oxygen atoms in total. The van der Waals surface area contributed by atoms with Crippen LogP contribution in [-0.2, 0) is 0 Å². The lowest BCUT2D eigenvalue weighted by molar-refractivity contribution is -0.870. The van der Waals surface area contributed by atoms with Gasteiger partial charge in [0.05, 0.1) is 155 Å². The molecular weight excluding hydrogens is 1030 g/mol. The Balaban J connectivity index is 1.14. The van der Waals surface area contributed by atoms with E-state index in [1.54, 1.807) is 0 Å². The van der Waals surface area contributed by atoms with Gasteiger partial charge in [-0.05, 0) is 126 Å². The van der Waals surface area contributed by atoms with Crippen LogP contribution in [0.4, 0.5) is 0 Å². The molecular formula is C72H90N7O4+3. The van der Waals surface area contributed by atoms with E-state index in [2.05, 4.69) is 216 Å².